The van der Waals surface area contributed by atoms with Gasteiger partial charge in [0.15, 0.2) is 0 Å². The molecule has 1 N–H and O–H groups in total. The van der Waals surface area contributed by atoms with Gasteiger partial charge in [-0.3, -0.25) is 0 Å². The van der Waals surface area contributed by atoms with E-state index in [1.807, 2.05) is 0 Å². The maximum atomic E-state index is 10.3. The third-order valence-corrected chi connectivity index (χ3v) is 2.81. The van der Waals surface area contributed by atoms with Crippen LogP contribution in [0.5, 0.6) is 11.8 Å². The summed E-state index contributed by atoms with van der Waals surface area (Å²) >= 11 is 5.90. The van der Waals surface area contributed by atoms with Gasteiger partial charge in [0.1, 0.15) is 11.8 Å². The first kappa shape index (κ1) is 13.6. The normalized spacial score (nSPS) is 12.0. The minimum Gasteiger partial charge on any atom is -0.480 e. The Morgan fingerprint density at radius 1 is 1.26 bits per heavy atom. The monoisotopic (exact) mass is 280 g/mol. The molecule has 6 heteroatoms. The topological polar surface area (TPSA) is 64.5 Å². The van der Waals surface area contributed by atoms with Gasteiger partial charge in [-0.15, -0.1) is 0 Å². The molecule has 1 heterocycles. The molecule has 0 saturated heterocycles. The first-order chi connectivity index (χ1) is 9.15. The summed E-state index contributed by atoms with van der Waals surface area (Å²) in [6, 6.07) is 6.90. The number of aromatic nitrogens is 2. The van der Waals surface area contributed by atoms with E-state index in [9.17, 15) is 5.11 Å². The Labute approximate surface area is 115 Å². The Hall–Kier alpha value is -1.85. The number of aliphatic hydroxyl groups is 1. The fourth-order valence-corrected chi connectivity index (χ4v) is 1.84. The number of rotatable bonds is 4. The molecule has 1 atom stereocenters. The number of hydrogen-bond donors (Lipinski definition) is 1. The molecule has 1 aromatic carbocycles. The molecular formula is C13H13ClN2O3. The van der Waals surface area contributed by atoms with Crippen molar-refractivity contribution in [1.82, 2.24) is 9.97 Å². The summed E-state index contributed by atoms with van der Waals surface area (Å²) in [5.74, 6) is 0.533. The van der Waals surface area contributed by atoms with Crippen LogP contribution < -0.4 is 9.47 Å². The van der Waals surface area contributed by atoms with Gasteiger partial charge in [-0.25, -0.2) is 4.98 Å². The van der Waals surface area contributed by atoms with Crippen LogP contribution in [0.3, 0.4) is 0 Å². The number of aliphatic hydroxyl groups excluding tert-OH is 1. The Bertz CT molecular complexity index is 578. The Morgan fingerprint density at radius 2 is 2.05 bits per heavy atom. The molecule has 0 amide bonds. The fourth-order valence-electron chi connectivity index (χ4n) is 1.64. The summed E-state index contributed by atoms with van der Waals surface area (Å²) in [7, 11) is 2.94. The predicted octanol–water partition coefficient (Wildman–Crippen LogP) is 2.23. The Kier molecular flexibility index (Phi) is 4.19. The van der Waals surface area contributed by atoms with Crippen molar-refractivity contribution in [2.45, 2.75) is 6.10 Å². The summed E-state index contributed by atoms with van der Waals surface area (Å²) in [6.45, 7) is 0. The van der Waals surface area contributed by atoms with E-state index < -0.39 is 6.10 Å². The van der Waals surface area contributed by atoms with Crippen molar-refractivity contribution in [2.24, 2.45) is 0 Å². The van der Waals surface area contributed by atoms with Crippen LogP contribution in [0, 0.1) is 0 Å². The van der Waals surface area contributed by atoms with Gasteiger partial charge in [0, 0.05) is 5.02 Å². The molecule has 0 fully saturated rings. The summed E-state index contributed by atoms with van der Waals surface area (Å²) in [5, 5.41) is 10.8. The fraction of sp³-hybridized carbons (Fsp3) is 0.231. The lowest BCUT2D eigenvalue weighted by atomic mass is 10.1. The predicted molar refractivity (Wildman–Crippen MR) is 70.6 cm³/mol. The number of halogens is 1. The van der Waals surface area contributed by atoms with Crippen LogP contribution in [-0.2, 0) is 0 Å². The van der Waals surface area contributed by atoms with Crippen molar-refractivity contribution >= 4 is 11.6 Å². The highest BCUT2D eigenvalue weighted by molar-refractivity contribution is 6.30. The van der Waals surface area contributed by atoms with Gasteiger partial charge in [-0.2, -0.15) is 4.98 Å². The number of hydrogen-bond acceptors (Lipinski definition) is 5. The summed E-state index contributed by atoms with van der Waals surface area (Å²) in [6.07, 6.45) is 0.457. The van der Waals surface area contributed by atoms with Gasteiger partial charge in [0.25, 0.3) is 0 Å². The third-order valence-electron chi connectivity index (χ3n) is 2.57. The average Bonchev–Trinajstić information content (AvgIpc) is 2.45. The minimum absolute atomic E-state index is 0.215. The van der Waals surface area contributed by atoms with Gasteiger partial charge in [0.2, 0.25) is 11.8 Å². The highest BCUT2D eigenvalue weighted by Gasteiger charge is 2.19. The van der Waals surface area contributed by atoms with Crippen molar-refractivity contribution in [1.29, 1.82) is 0 Å². The quantitative estimate of drug-likeness (QED) is 0.930. The molecule has 1 aromatic heterocycles. The van der Waals surface area contributed by atoms with Gasteiger partial charge >= 0.3 is 0 Å². The highest BCUT2D eigenvalue weighted by atomic mass is 35.5. The first-order valence-corrected chi connectivity index (χ1v) is 5.92. The molecule has 0 saturated carbocycles. The molecule has 5 nitrogen and oxygen atoms in total. The molecule has 1 unspecified atom stereocenters. The highest BCUT2D eigenvalue weighted by Crippen LogP contribution is 2.29. The van der Waals surface area contributed by atoms with E-state index in [4.69, 9.17) is 21.1 Å². The van der Waals surface area contributed by atoms with Crippen LogP contribution in [0.4, 0.5) is 0 Å². The van der Waals surface area contributed by atoms with E-state index in [1.165, 1.54) is 20.4 Å². The van der Waals surface area contributed by atoms with Gasteiger partial charge < -0.3 is 14.6 Å². The number of nitrogens with zero attached hydrogens (tertiary/aromatic N) is 2. The molecule has 0 aliphatic rings. The first-order valence-electron chi connectivity index (χ1n) is 5.54. The molecule has 0 spiro atoms. The van der Waals surface area contributed by atoms with E-state index in [2.05, 4.69) is 9.97 Å². The second kappa shape index (κ2) is 5.86. The smallest absolute Gasteiger partial charge is 0.241 e. The van der Waals surface area contributed by atoms with Gasteiger partial charge in [-0.1, -0.05) is 23.7 Å². The second-order valence-electron chi connectivity index (χ2n) is 3.76. The maximum absolute atomic E-state index is 10.3. The average molecular weight is 281 g/mol. The van der Waals surface area contributed by atoms with Crippen molar-refractivity contribution in [2.75, 3.05) is 14.2 Å². The van der Waals surface area contributed by atoms with Gasteiger partial charge in [0.05, 0.1) is 20.4 Å². The SMILES string of the molecule is COc1cnc(C(O)c2cccc(Cl)c2)c(OC)n1. The lowest BCUT2D eigenvalue weighted by Crippen LogP contribution is -2.07. The van der Waals surface area contributed by atoms with Crippen LogP contribution in [0.1, 0.15) is 17.4 Å². The Morgan fingerprint density at radius 3 is 2.68 bits per heavy atom. The lowest BCUT2D eigenvalue weighted by Gasteiger charge is -2.14. The van der Waals surface area contributed by atoms with Crippen molar-refractivity contribution < 1.29 is 14.6 Å². The maximum Gasteiger partial charge on any atom is 0.241 e. The standard InChI is InChI=1S/C13H13ClN2O3/c1-18-10-7-15-11(13(16-10)19-2)12(17)8-4-3-5-9(14)6-8/h3-7,12,17H,1-2H3. The molecule has 0 radical (unpaired) electrons. The van der Waals surface area contributed by atoms with Crippen LogP contribution in [0.15, 0.2) is 30.5 Å². The van der Waals surface area contributed by atoms with E-state index in [-0.39, 0.29) is 5.88 Å². The number of methoxy groups -OCH3 is 2. The molecule has 2 aromatic rings. The van der Waals surface area contributed by atoms with Crippen molar-refractivity contribution in [3.05, 3.63) is 46.7 Å². The number of ether oxygens (including phenoxy) is 2. The van der Waals surface area contributed by atoms with Crippen LogP contribution in [-0.4, -0.2) is 29.3 Å². The van der Waals surface area contributed by atoms with E-state index in [0.29, 0.717) is 22.2 Å². The molecule has 100 valence electrons. The molecule has 0 bridgehead atoms. The number of benzene rings is 1. The van der Waals surface area contributed by atoms with E-state index in [0.717, 1.165) is 0 Å². The van der Waals surface area contributed by atoms with Crippen LogP contribution >= 0.6 is 11.6 Å². The molecular weight excluding hydrogens is 268 g/mol. The zero-order chi connectivity index (χ0) is 13.8. The minimum atomic E-state index is -0.966. The zero-order valence-corrected chi connectivity index (χ0v) is 11.3. The largest absolute Gasteiger partial charge is 0.480 e. The molecule has 2 rings (SSSR count). The summed E-state index contributed by atoms with van der Waals surface area (Å²) in [4.78, 5) is 8.20. The zero-order valence-electron chi connectivity index (χ0n) is 10.5. The summed E-state index contributed by atoms with van der Waals surface area (Å²) < 4.78 is 10.1. The van der Waals surface area contributed by atoms with Crippen molar-refractivity contribution in [3.8, 4) is 11.8 Å². The van der Waals surface area contributed by atoms with Crippen LogP contribution in [0.25, 0.3) is 0 Å². The van der Waals surface area contributed by atoms with E-state index in [1.54, 1.807) is 24.3 Å². The van der Waals surface area contributed by atoms with Crippen molar-refractivity contribution in [3.63, 3.8) is 0 Å². The third kappa shape index (κ3) is 2.94. The summed E-state index contributed by atoms with van der Waals surface area (Å²) in [5.41, 5.74) is 0.927. The second-order valence-corrected chi connectivity index (χ2v) is 4.20. The molecule has 0 aliphatic heterocycles. The molecule has 19 heavy (non-hydrogen) atoms. The van der Waals surface area contributed by atoms with E-state index >= 15 is 0 Å². The van der Waals surface area contributed by atoms with Gasteiger partial charge in [-0.05, 0) is 17.7 Å². The van der Waals surface area contributed by atoms with Crippen LogP contribution in [0.2, 0.25) is 5.02 Å². The molecule has 0 aliphatic carbocycles. The lowest BCUT2D eigenvalue weighted by molar-refractivity contribution is 0.206. The Balaban J connectivity index is 2.40.